The second-order valence-electron chi connectivity index (χ2n) is 5.00. The molecule has 112 valence electrons. The number of rotatable bonds is 2. The molecule has 0 aliphatic rings. The first-order chi connectivity index (χ1) is 10.5. The molecule has 1 N–H and O–H groups in total. The third-order valence-electron chi connectivity index (χ3n) is 3.76. The standard InChI is InChI=1S/C17H13BrClNO2/c1-10-14(9-21)12-4-2-3-5-16(12)20(10)17(22)13-8-11(18)6-7-15(13)19/h2-8,21H,9H2,1H3. The summed E-state index contributed by atoms with van der Waals surface area (Å²) in [6.45, 7) is 1.72. The minimum atomic E-state index is -0.209. The van der Waals surface area contributed by atoms with E-state index in [2.05, 4.69) is 15.9 Å². The number of hydrogen-bond donors (Lipinski definition) is 1. The highest BCUT2D eigenvalue weighted by atomic mass is 79.9. The van der Waals surface area contributed by atoms with Gasteiger partial charge < -0.3 is 5.11 Å². The van der Waals surface area contributed by atoms with Crippen LogP contribution in [0.15, 0.2) is 46.9 Å². The van der Waals surface area contributed by atoms with Gasteiger partial charge in [-0.25, -0.2) is 0 Å². The average Bonchev–Trinajstić information content (AvgIpc) is 2.80. The number of nitrogens with zero attached hydrogens (tertiary/aromatic N) is 1. The summed E-state index contributed by atoms with van der Waals surface area (Å²) in [5.74, 6) is -0.209. The smallest absolute Gasteiger partial charge is 0.264 e. The van der Waals surface area contributed by atoms with E-state index >= 15 is 0 Å². The van der Waals surface area contributed by atoms with E-state index in [-0.39, 0.29) is 12.5 Å². The number of para-hydroxylation sites is 1. The lowest BCUT2D eigenvalue weighted by molar-refractivity contribution is 0.0963. The number of carbonyl (C=O) groups is 1. The number of aromatic nitrogens is 1. The van der Waals surface area contributed by atoms with Crippen molar-refractivity contribution in [2.75, 3.05) is 0 Å². The Morgan fingerprint density at radius 2 is 2.00 bits per heavy atom. The molecule has 0 spiro atoms. The first-order valence-corrected chi connectivity index (χ1v) is 7.91. The van der Waals surface area contributed by atoms with Gasteiger partial charge in [-0.15, -0.1) is 0 Å². The molecule has 3 aromatic rings. The Morgan fingerprint density at radius 3 is 2.73 bits per heavy atom. The lowest BCUT2D eigenvalue weighted by Crippen LogP contribution is -2.14. The molecule has 0 radical (unpaired) electrons. The van der Waals surface area contributed by atoms with E-state index in [1.54, 1.807) is 22.8 Å². The summed E-state index contributed by atoms with van der Waals surface area (Å²) in [6.07, 6.45) is 0. The van der Waals surface area contributed by atoms with E-state index < -0.39 is 0 Å². The van der Waals surface area contributed by atoms with Crippen LogP contribution >= 0.6 is 27.5 Å². The van der Waals surface area contributed by atoms with Crippen LogP contribution in [0.25, 0.3) is 10.9 Å². The molecule has 5 heteroatoms. The zero-order valence-corrected chi connectivity index (χ0v) is 14.1. The molecule has 2 aromatic carbocycles. The van der Waals surface area contributed by atoms with Crippen LogP contribution in [0, 0.1) is 6.92 Å². The van der Waals surface area contributed by atoms with Crippen LogP contribution in [0.3, 0.4) is 0 Å². The minimum absolute atomic E-state index is 0.112. The Hall–Kier alpha value is -1.62. The molecule has 1 aromatic heterocycles. The fourth-order valence-electron chi connectivity index (χ4n) is 2.68. The molecule has 0 unspecified atom stereocenters. The van der Waals surface area contributed by atoms with E-state index in [1.807, 2.05) is 31.2 Å². The number of aliphatic hydroxyl groups is 1. The van der Waals surface area contributed by atoms with Gasteiger partial charge in [-0.05, 0) is 31.2 Å². The van der Waals surface area contributed by atoms with Gasteiger partial charge >= 0.3 is 0 Å². The molecule has 0 fully saturated rings. The highest BCUT2D eigenvalue weighted by molar-refractivity contribution is 9.10. The summed E-state index contributed by atoms with van der Waals surface area (Å²) in [4.78, 5) is 13.0. The highest BCUT2D eigenvalue weighted by Crippen LogP contribution is 2.29. The van der Waals surface area contributed by atoms with Crippen molar-refractivity contribution in [3.05, 3.63) is 68.8 Å². The van der Waals surface area contributed by atoms with E-state index in [0.29, 0.717) is 10.6 Å². The maximum Gasteiger partial charge on any atom is 0.264 e. The second kappa shape index (κ2) is 5.88. The van der Waals surface area contributed by atoms with Crippen LogP contribution in [-0.2, 0) is 6.61 Å². The van der Waals surface area contributed by atoms with Crippen molar-refractivity contribution in [3.63, 3.8) is 0 Å². The monoisotopic (exact) mass is 377 g/mol. The predicted octanol–water partition coefficient (Wildman–Crippen LogP) is 4.55. The molecule has 22 heavy (non-hydrogen) atoms. The molecule has 1 heterocycles. The van der Waals surface area contributed by atoms with Gasteiger partial charge in [-0.2, -0.15) is 0 Å². The van der Waals surface area contributed by atoms with Crippen molar-refractivity contribution in [3.8, 4) is 0 Å². The zero-order chi connectivity index (χ0) is 15.9. The quantitative estimate of drug-likeness (QED) is 0.711. The molecule has 0 amide bonds. The number of aliphatic hydroxyl groups excluding tert-OH is 1. The molecule has 0 bridgehead atoms. The van der Waals surface area contributed by atoms with Crippen molar-refractivity contribution in [2.24, 2.45) is 0 Å². The predicted molar refractivity (Wildman–Crippen MR) is 91.5 cm³/mol. The number of benzene rings is 2. The van der Waals surface area contributed by atoms with E-state index in [9.17, 15) is 9.90 Å². The van der Waals surface area contributed by atoms with E-state index in [4.69, 9.17) is 11.6 Å². The average molecular weight is 379 g/mol. The van der Waals surface area contributed by atoms with Crippen molar-refractivity contribution in [2.45, 2.75) is 13.5 Å². The fraction of sp³-hybridized carbons (Fsp3) is 0.118. The van der Waals surface area contributed by atoms with Gasteiger partial charge in [0.2, 0.25) is 0 Å². The summed E-state index contributed by atoms with van der Waals surface area (Å²) in [7, 11) is 0. The van der Waals surface area contributed by atoms with E-state index in [0.717, 1.165) is 26.6 Å². The SMILES string of the molecule is Cc1c(CO)c2ccccc2n1C(=O)c1cc(Br)ccc1Cl. The first-order valence-electron chi connectivity index (χ1n) is 6.74. The topological polar surface area (TPSA) is 42.2 Å². The van der Waals surface area contributed by atoms with Gasteiger partial charge in [0.15, 0.2) is 0 Å². The summed E-state index contributed by atoms with van der Waals surface area (Å²) in [6, 6.07) is 12.7. The van der Waals surface area contributed by atoms with Crippen LogP contribution in [0.5, 0.6) is 0 Å². The molecule has 3 rings (SSSR count). The first kappa shape index (κ1) is 15.3. The molecule has 0 atom stereocenters. The van der Waals surface area contributed by atoms with Crippen LogP contribution in [-0.4, -0.2) is 15.6 Å². The van der Waals surface area contributed by atoms with Crippen molar-refractivity contribution in [1.29, 1.82) is 0 Å². The van der Waals surface area contributed by atoms with Crippen molar-refractivity contribution in [1.82, 2.24) is 4.57 Å². The highest BCUT2D eigenvalue weighted by Gasteiger charge is 2.20. The molecule has 0 aliphatic carbocycles. The summed E-state index contributed by atoms with van der Waals surface area (Å²) in [5, 5.41) is 10.9. The maximum atomic E-state index is 13.0. The van der Waals surface area contributed by atoms with Crippen molar-refractivity contribution < 1.29 is 9.90 Å². The van der Waals surface area contributed by atoms with Crippen LogP contribution in [0.2, 0.25) is 5.02 Å². The number of halogens is 2. The Balaban J connectivity index is 2.28. The lowest BCUT2D eigenvalue weighted by atomic mass is 10.1. The summed E-state index contributed by atoms with van der Waals surface area (Å²) >= 11 is 9.54. The molecular formula is C17H13BrClNO2. The minimum Gasteiger partial charge on any atom is -0.392 e. The van der Waals surface area contributed by atoms with Crippen molar-refractivity contribution >= 4 is 44.3 Å². The zero-order valence-electron chi connectivity index (χ0n) is 11.8. The molecule has 0 saturated heterocycles. The summed E-state index contributed by atoms with van der Waals surface area (Å²) in [5.41, 5.74) is 2.68. The van der Waals surface area contributed by atoms with Gasteiger partial charge in [-0.1, -0.05) is 45.7 Å². The Labute approximate surface area is 141 Å². The largest absolute Gasteiger partial charge is 0.392 e. The molecular weight excluding hydrogens is 366 g/mol. The Morgan fingerprint density at radius 1 is 1.27 bits per heavy atom. The fourth-order valence-corrected chi connectivity index (χ4v) is 3.24. The maximum absolute atomic E-state index is 13.0. The van der Waals surface area contributed by atoms with Gasteiger partial charge in [0.1, 0.15) is 0 Å². The summed E-state index contributed by atoms with van der Waals surface area (Å²) < 4.78 is 2.39. The van der Waals surface area contributed by atoms with Gasteiger partial charge in [0.05, 0.1) is 22.7 Å². The Bertz CT molecular complexity index is 886. The Kier molecular flexibility index (Phi) is 4.08. The van der Waals surface area contributed by atoms with Crippen LogP contribution in [0.4, 0.5) is 0 Å². The third kappa shape index (κ3) is 2.37. The number of hydrogen-bond acceptors (Lipinski definition) is 2. The molecule has 3 nitrogen and oxygen atoms in total. The van der Waals surface area contributed by atoms with Gasteiger partial charge in [0.25, 0.3) is 5.91 Å². The third-order valence-corrected chi connectivity index (χ3v) is 4.59. The second-order valence-corrected chi connectivity index (χ2v) is 6.33. The van der Waals surface area contributed by atoms with Gasteiger partial charge in [-0.3, -0.25) is 9.36 Å². The van der Waals surface area contributed by atoms with Crippen LogP contribution < -0.4 is 0 Å². The molecule has 0 aliphatic heterocycles. The number of carbonyl (C=O) groups excluding carboxylic acids is 1. The lowest BCUT2D eigenvalue weighted by Gasteiger charge is -2.09. The van der Waals surface area contributed by atoms with Crippen LogP contribution in [0.1, 0.15) is 21.6 Å². The molecule has 0 saturated carbocycles. The van der Waals surface area contributed by atoms with E-state index in [1.165, 1.54) is 0 Å². The van der Waals surface area contributed by atoms with Gasteiger partial charge in [0, 0.05) is 21.1 Å². The normalized spacial score (nSPS) is 11.1. The number of fused-ring (bicyclic) bond motifs is 1.